The molecule has 1 aliphatic heterocycles. The lowest BCUT2D eigenvalue weighted by molar-refractivity contribution is -0.128. The van der Waals surface area contributed by atoms with Crippen molar-refractivity contribution in [2.24, 2.45) is 0 Å². The van der Waals surface area contributed by atoms with E-state index in [1.54, 1.807) is 6.92 Å². The van der Waals surface area contributed by atoms with Gasteiger partial charge in [0.1, 0.15) is 18.1 Å². The molecule has 0 unspecified atom stereocenters. The smallest absolute Gasteiger partial charge is 0.236 e. The number of nitrogens with zero attached hydrogens (tertiary/aromatic N) is 2. The van der Waals surface area contributed by atoms with Crippen molar-refractivity contribution < 1.29 is 18.4 Å². The van der Waals surface area contributed by atoms with Gasteiger partial charge in [0.05, 0.1) is 12.1 Å². The summed E-state index contributed by atoms with van der Waals surface area (Å²) in [6, 6.07) is 17.4. The third-order valence-electron chi connectivity index (χ3n) is 6.00. The average Bonchev–Trinajstić information content (AvgIpc) is 2.79. The number of amides is 2. The van der Waals surface area contributed by atoms with Gasteiger partial charge in [-0.25, -0.2) is 8.78 Å². The molecule has 0 bridgehead atoms. The fourth-order valence-corrected chi connectivity index (χ4v) is 4.69. The molecule has 3 aromatic carbocycles. The van der Waals surface area contributed by atoms with Crippen LogP contribution in [-0.4, -0.2) is 35.8 Å². The van der Waals surface area contributed by atoms with E-state index < -0.39 is 29.9 Å². The summed E-state index contributed by atoms with van der Waals surface area (Å²) in [7, 11) is 0. The fraction of sp³-hybridized carbons (Fsp3) is 0.222. The normalized spacial score (nSPS) is 13.9. The number of nitrogens with one attached hydrogen (secondary N) is 1. The lowest BCUT2D eigenvalue weighted by atomic mass is 9.92. The Morgan fingerprint density at radius 1 is 0.972 bits per heavy atom. The van der Waals surface area contributed by atoms with Gasteiger partial charge in [0.2, 0.25) is 11.8 Å². The molecule has 0 spiro atoms. The van der Waals surface area contributed by atoms with Crippen molar-refractivity contribution in [1.29, 1.82) is 0 Å². The second-order valence-corrected chi connectivity index (χ2v) is 9.41. The van der Waals surface area contributed by atoms with Crippen LogP contribution in [0.3, 0.4) is 0 Å². The van der Waals surface area contributed by atoms with E-state index >= 15 is 0 Å². The summed E-state index contributed by atoms with van der Waals surface area (Å²) >= 11 is 12.2. The molecule has 1 heterocycles. The third-order valence-corrected chi connectivity index (χ3v) is 6.51. The molecule has 4 rings (SSSR count). The molecular formula is C27H24Cl2F2N3O2. The zero-order chi connectivity index (χ0) is 25.8. The lowest BCUT2D eigenvalue weighted by Gasteiger charge is -2.49. The summed E-state index contributed by atoms with van der Waals surface area (Å²) in [6.45, 7) is 3.89. The van der Waals surface area contributed by atoms with Crippen molar-refractivity contribution >= 4 is 40.7 Å². The first-order valence-electron chi connectivity index (χ1n) is 11.4. The van der Waals surface area contributed by atoms with E-state index in [1.807, 2.05) is 48.5 Å². The quantitative estimate of drug-likeness (QED) is 0.376. The van der Waals surface area contributed by atoms with Crippen LogP contribution in [0, 0.1) is 18.2 Å². The molecule has 187 valence electrons. The molecule has 2 amide bonds. The minimum atomic E-state index is -0.800. The number of anilines is 1. The van der Waals surface area contributed by atoms with Crippen LogP contribution in [-0.2, 0) is 9.59 Å². The number of likely N-dealkylation sites (tertiary alicyclic amines) is 1. The van der Waals surface area contributed by atoms with E-state index in [0.29, 0.717) is 23.1 Å². The standard InChI is InChI=1S/C27H24Cl2F2N3O2/c1-2-32-25(35)14-26(36)34(23-12-21(30)11-22(31)13-23)24-15-33(16-24)27(17-3-7-19(28)8-4-17)18-5-9-20(29)10-6-18/h2-13,24,27H,14-16H2,1H3,(H,32,35). The fourth-order valence-electron chi connectivity index (χ4n) is 4.44. The van der Waals surface area contributed by atoms with Gasteiger partial charge in [0.15, 0.2) is 0 Å². The molecule has 0 atom stereocenters. The van der Waals surface area contributed by atoms with Crippen LogP contribution < -0.4 is 10.2 Å². The first-order chi connectivity index (χ1) is 17.2. The van der Waals surface area contributed by atoms with Crippen molar-refractivity contribution in [3.05, 3.63) is 106 Å². The zero-order valence-electron chi connectivity index (χ0n) is 19.4. The summed E-state index contributed by atoms with van der Waals surface area (Å²) in [6.07, 6.45) is -0.448. The summed E-state index contributed by atoms with van der Waals surface area (Å²) in [4.78, 5) is 28.7. The highest BCUT2D eigenvalue weighted by Gasteiger charge is 2.40. The Bertz CT molecular complexity index is 1170. The zero-order valence-corrected chi connectivity index (χ0v) is 20.9. The molecule has 1 saturated heterocycles. The van der Waals surface area contributed by atoms with Gasteiger partial charge in [-0.15, -0.1) is 0 Å². The van der Waals surface area contributed by atoms with Crippen molar-refractivity contribution in [3.8, 4) is 0 Å². The van der Waals surface area contributed by atoms with Crippen molar-refractivity contribution in [3.63, 3.8) is 0 Å². The van der Waals surface area contributed by atoms with Gasteiger partial charge in [-0.1, -0.05) is 47.5 Å². The molecule has 5 nitrogen and oxygen atoms in total. The van der Waals surface area contributed by atoms with Crippen LogP contribution in [0.4, 0.5) is 14.5 Å². The maximum Gasteiger partial charge on any atom is 0.236 e. The molecule has 9 heteroatoms. The van der Waals surface area contributed by atoms with Gasteiger partial charge < -0.3 is 10.2 Å². The third kappa shape index (κ3) is 6.03. The molecule has 36 heavy (non-hydrogen) atoms. The number of halogens is 4. The summed E-state index contributed by atoms with van der Waals surface area (Å²) < 4.78 is 28.1. The first-order valence-corrected chi connectivity index (χ1v) is 12.1. The van der Waals surface area contributed by atoms with E-state index in [0.717, 1.165) is 29.3 Å². The highest BCUT2D eigenvalue weighted by Crippen LogP contribution is 2.36. The molecule has 1 radical (unpaired) electrons. The number of carbonyl (C=O) groups is 2. The van der Waals surface area contributed by atoms with Crippen LogP contribution in [0.2, 0.25) is 10.0 Å². The van der Waals surface area contributed by atoms with Gasteiger partial charge >= 0.3 is 0 Å². The summed E-state index contributed by atoms with van der Waals surface area (Å²) in [5, 5.41) is 3.70. The molecular weight excluding hydrogens is 507 g/mol. The Morgan fingerprint density at radius 2 is 1.47 bits per heavy atom. The highest BCUT2D eigenvalue weighted by molar-refractivity contribution is 6.30. The minimum Gasteiger partial charge on any atom is -0.351 e. The second-order valence-electron chi connectivity index (χ2n) is 8.54. The Morgan fingerprint density at radius 3 is 1.94 bits per heavy atom. The SMILES string of the molecule is C[CH]NC(=O)CC(=O)N(c1cc(F)cc(F)c1)C1CN(C(c2ccc(Cl)cc2)c2ccc(Cl)cc2)C1. The Balaban J connectivity index is 1.62. The Labute approximate surface area is 218 Å². The van der Waals surface area contributed by atoms with Crippen LogP contribution in [0.15, 0.2) is 66.7 Å². The maximum atomic E-state index is 14.0. The van der Waals surface area contributed by atoms with E-state index in [-0.39, 0.29) is 17.8 Å². The van der Waals surface area contributed by atoms with E-state index in [1.165, 1.54) is 11.4 Å². The van der Waals surface area contributed by atoms with Gasteiger partial charge in [-0.2, -0.15) is 0 Å². The largest absolute Gasteiger partial charge is 0.351 e. The molecule has 0 aliphatic carbocycles. The summed E-state index contributed by atoms with van der Waals surface area (Å²) in [5.74, 6) is -2.64. The van der Waals surface area contributed by atoms with E-state index in [2.05, 4.69) is 10.2 Å². The van der Waals surface area contributed by atoms with E-state index in [9.17, 15) is 18.4 Å². The molecule has 1 aliphatic rings. The maximum absolute atomic E-state index is 14.0. The average molecular weight is 531 g/mol. The number of rotatable bonds is 8. The Kier molecular flexibility index (Phi) is 8.24. The topological polar surface area (TPSA) is 52.7 Å². The number of benzene rings is 3. The van der Waals surface area contributed by atoms with Crippen LogP contribution >= 0.6 is 23.2 Å². The monoisotopic (exact) mass is 530 g/mol. The van der Waals surface area contributed by atoms with Crippen molar-refractivity contribution in [2.75, 3.05) is 18.0 Å². The van der Waals surface area contributed by atoms with Crippen molar-refractivity contribution in [1.82, 2.24) is 10.2 Å². The Hall–Kier alpha value is -3.00. The molecule has 3 aromatic rings. The van der Waals surface area contributed by atoms with Gasteiger partial charge in [-0.3, -0.25) is 14.5 Å². The van der Waals surface area contributed by atoms with E-state index in [4.69, 9.17) is 23.2 Å². The number of hydrogen-bond acceptors (Lipinski definition) is 3. The molecule has 1 fully saturated rings. The number of carbonyl (C=O) groups excluding carboxylic acids is 2. The predicted molar refractivity (Wildman–Crippen MR) is 137 cm³/mol. The summed E-state index contributed by atoms with van der Waals surface area (Å²) in [5.41, 5.74) is 2.06. The molecule has 1 N–H and O–H groups in total. The predicted octanol–water partition coefficient (Wildman–Crippen LogP) is 5.77. The van der Waals surface area contributed by atoms with Gasteiger partial charge in [-0.05, 0) is 54.4 Å². The first kappa shape index (κ1) is 26.1. The lowest BCUT2D eigenvalue weighted by Crippen LogP contribution is -2.62. The van der Waals surface area contributed by atoms with Crippen LogP contribution in [0.1, 0.15) is 30.5 Å². The minimum absolute atomic E-state index is 0.0740. The van der Waals surface area contributed by atoms with Crippen LogP contribution in [0.25, 0.3) is 0 Å². The van der Waals surface area contributed by atoms with Crippen LogP contribution in [0.5, 0.6) is 0 Å². The number of hydrogen-bond donors (Lipinski definition) is 1. The van der Waals surface area contributed by atoms with Gasteiger partial charge in [0, 0.05) is 41.4 Å². The molecule has 0 aromatic heterocycles. The second kappa shape index (κ2) is 11.4. The van der Waals surface area contributed by atoms with Crippen molar-refractivity contribution in [2.45, 2.75) is 25.4 Å². The molecule has 0 saturated carbocycles. The highest BCUT2D eigenvalue weighted by atomic mass is 35.5. The van der Waals surface area contributed by atoms with Gasteiger partial charge in [0.25, 0.3) is 0 Å².